The number of rotatable bonds is 1. The second kappa shape index (κ2) is 3.73. The number of Topliss-reactive ketones (excluding diaryl/α,β-unsaturated/α-hetero) is 1. The summed E-state index contributed by atoms with van der Waals surface area (Å²) < 4.78 is 5.15. The highest BCUT2D eigenvalue weighted by Crippen LogP contribution is 2.53. The predicted molar refractivity (Wildman–Crippen MR) is 70.9 cm³/mol. The van der Waals surface area contributed by atoms with Gasteiger partial charge in [-0.05, 0) is 31.0 Å². The lowest BCUT2D eigenvalue weighted by atomic mass is 10.1. The number of ether oxygens (including phenoxy) is 1. The first kappa shape index (κ1) is 12.0. The highest BCUT2D eigenvalue weighted by atomic mass is 16.5. The highest BCUT2D eigenvalue weighted by molar-refractivity contribution is 6.22. The van der Waals surface area contributed by atoms with Gasteiger partial charge in [0.1, 0.15) is 11.3 Å². The van der Waals surface area contributed by atoms with Gasteiger partial charge in [-0.3, -0.25) is 9.69 Å². The summed E-state index contributed by atoms with van der Waals surface area (Å²) in [6, 6.07) is 5.15. The van der Waals surface area contributed by atoms with Crippen LogP contribution in [0.25, 0.3) is 0 Å². The third-order valence-electron chi connectivity index (χ3n) is 3.84. The van der Waals surface area contributed by atoms with Crippen LogP contribution < -0.4 is 9.64 Å². The first-order valence-corrected chi connectivity index (χ1v) is 6.25. The molecule has 1 aromatic carbocycles. The number of urea groups is 1. The van der Waals surface area contributed by atoms with E-state index in [1.165, 1.54) is 4.90 Å². The summed E-state index contributed by atoms with van der Waals surface area (Å²) in [5, 5.41) is 0. The lowest BCUT2D eigenvalue weighted by Gasteiger charge is -2.27. The maximum absolute atomic E-state index is 12.5. The Labute approximate surface area is 111 Å². The molecule has 1 saturated carbocycles. The molecular formula is C14H16N2O3. The van der Waals surface area contributed by atoms with Crippen molar-refractivity contribution in [3.63, 3.8) is 0 Å². The fourth-order valence-electron chi connectivity index (χ4n) is 2.66. The number of carbonyl (C=O) groups excluding carboxylic acids is 2. The van der Waals surface area contributed by atoms with Gasteiger partial charge in [-0.1, -0.05) is 0 Å². The first-order valence-electron chi connectivity index (χ1n) is 6.25. The highest BCUT2D eigenvalue weighted by Gasteiger charge is 2.62. The van der Waals surface area contributed by atoms with Gasteiger partial charge >= 0.3 is 6.03 Å². The molecule has 2 aliphatic rings. The quantitative estimate of drug-likeness (QED) is 0.775. The van der Waals surface area contributed by atoms with E-state index in [4.69, 9.17) is 4.74 Å². The SMILES string of the molecule is COc1ccc2c(c1)C(=O)C1(CC1)N2C(=O)N(C)C. The summed E-state index contributed by atoms with van der Waals surface area (Å²) in [5.74, 6) is 0.679. The molecule has 1 aliphatic carbocycles. The van der Waals surface area contributed by atoms with Crippen molar-refractivity contribution in [2.24, 2.45) is 0 Å². The third-order valence-corrected chi connectivity index (χ3v) is 3.84. The van der Waals surface area contributed by atoms with Crippen LogP contribution in [0.15, 0.2) is 18.2 Å². The van der Waals surface area contributed by atoms with Crippen molar-refractivity contribution in [3.05, 3.63) is 23.8 Å². The Hall–Kier alpha value is -2.04. The van der Waals surface area contributed by atoms with Gasteiger partial charge in [0.2, 0.25) is 0 Å². The third kappa shape index (κ3) is 1.47. The Bertz CT molecular complexity index is 576. The molecule has 0 bridgehead atoms. The largest absolute Gasteiger partial charge is 0.497 e. The molecule has 0 saturated heterocycles. The van der Waals surface area contributed by atoms with Crippen molar-refractivity contribution in [1.82, 2.24) is 4.90 Å². The van der Waals surface area contributed by atoms with Crippen LogP contribution in [-0.4, -0.2) is 43.5 Å². The number of anilines is 1. The van der Waals surface area contributed by atoms with Crippen LogP contribution >= 0.6 is 0 Å². The summed E-state index contributed by atoms with van der Waals surface area (Å²) in [6.45, 7) is 0. The van der Waals surface area contributed by atoms with Gasteiger partial charge in [0.25, 0.3) is 0 Å². The van der Waals surface area contributed by atoms with Crippen molar-refractivity contribution >= 4 is 17.5 Å². The fourth-order valence-corrected chi connectivity index (χ4v) is 2.66. The summed E-state index contributed by atoms with van der Waals surface area (Å²) in [7, 11) is 4.96. The molecular weight excluding hydrogens is 244 g/mol. The van der Waals surface area contributed by atoms with Crippen LogP contribution in [0.4, 0.5) is 10.5 Å². The van der Waals surface area contributed by atoms with Gasteiger partial charge < -0.3 is 9.64 Å². The Balaban J connectivity index is 2.12. The summed E-state index contributed by atoms with van der Waals surface area (Å²) in [5.41, 5.74) is 0.657. The standard InChI is InChI=1S/C14H16N2O3/c1-15(2)13(18)16-11-5-4-9(19-3)8-10(11)12(17)14(16)6-7-14/h4-5,8H,6-7H2,1-3H3. The molecule has 2 amide bonds. The number of fused-ring (bicyclic) bond motifs is 1. The summed E-state index contributed by atoms with van der Waals surface area (Å²) >= 11 is 0. The summed E-state index contributed by atoms with van der Waals surface area (Å²) in [4.78, 5) is 28.0. The molecule has 1 aromatic rings. The molecule has 19 heavy (non-hydrogen) atoms. The molecule has 3 rings (SSSR count). The minimum absolute atomic E-state index is 0.0385. The van der Waals surface area contributed by atoms with Crippen LogP contribution in [0, 0.1) is 0 Å². The number of ketones is 1. The first-order chi connectivity index (χ1) is 9.01. The minimum atomic E-state index is -0.629. The van der Waals surface area contributed by atoms with Crippen LogP contribution in [0.2, 0.25) is 0 Å². The maximum Gasteiger partial charge on any atom is 0.324 e. The van der Waals surface area contributed by atoms with E-state index in [0.29, 0.717) is 17.0 Å². The Morgan fingerprint density at radius 3 is 2.58 bits per heavy atom. The number of methoxy groups -OCH3 is 1. The zero-order valence-corrected chi connectivity index (χ0v) is 11.3. The number of hydrogen-bond acceptors (Lipinski definition) is 3. The molecule has 100 valence electrons. The van der Waals surface area contributed by atoms with Crippen LogP contribution in [-0.2, 0) is 0 Å². The van der Waals surface area contributed by atoms with Crippen molar-refractivity contribution in [1.29, 1.82) is 0 Å². The van der Waals surface area contributed by atoms with Gasteiger partial charge in [-0.25, -0.2) is 4.79 Å². The second-order valence-electron chi connectivity index (χ2n) is 5.26. The topological polar surface area (TPSA) is 49.9 Å². The van der Waals surface area contributed by atoms with Crippen LogP contribution in [0.1, 0.15) is 23.2 Å². The molecule has 0 unspecified atom stereocenters. The average Bonchev–Trinajstić information content (AvgIpc) is 3.15. The molecule has 1 heterocycles. The lowest BCUT2D eigenvalue weighted by Crippen LogP contribution is -2.47. The average molecular weight is 260 g/mol. The van der Waals surface area contributed by atoms with E-state index in [1.54, 1.807) is 44.3 Å². The van der Waals surface area contributed by atoms with E-state index in [2.05, 4.69) is 0 Å². The van der Waals surface area contributed by atoms with Gasteiger partial charge in [0, 0.05) is 19.7 Å². The molecule has 0 atom stereocenters. The smallest absolute Gasteiger partial charge is 0.324 e. The van der Waals surface area contributed by atoms with E-state index in [-0.39, 0.29) is 11.8 Å². The van der Waals surface area contributed by atoms with E-state index >= 15 is 0 Å². The van der Waals surface area contributed by atoms with Gasteiger partial charge in [0.05, 0.1) is 12.8 Å². The monoisotopic (exact) mass is 260 g/mol. The number of amides is 2. The molecule has 0 N–H and O–H groups in total. The molecule has 5 nitrogen and oxygen atoms in total. The fraction of sp³-hybridized carbons (Fsp3) is 0.429. The predicted octanol–water partition coefficient (Wildman–Crippen LogP) is 1.91. The maximum atomic E-state index is 12.5. The van der Waals surface area contributed by atoms with Crippen LogP contribution in [0.5, 0.6) is 5.75 Å². The number of carbonyl (C=O) groups is 2. The van der Waals surface area contributed by atoms with Gasteiger partial charge in [0.15, 0.2) is 5.78 Å². The Morgan fingerprint density at radius 2 is 2.05 bits per heavy atom. The number of hydrogen-bond donors (Lipinski definition) is 0. The van der Waals surface area contributed by atoms with E-state index in [9.17, 15) is 9.59 Å². The zero-order chi connectivity index (χ0) is 13.8. The van der Waals surface area contributed by atoms with E-state index < -0.39 is 5.54 Å². The van der Waals surface area contributed by atoms with Crippen molar-refractivity contribution in [2.45, 2.75) is 18.4 Å². The number of nitrogens with zero attached hydrogens (tertiary/aromatic N) is 2. The Kier molecular flexibility index (Phi) is 2.36. The second-order valence-corrected chi connectivity index (χ2v) is 5.26. The zero-order valence-electron chi connectivity index (χ0n) is 11.3. The van der Waals surface area contributed by atoms with E-state index in [1.807, 2.05) is 0 Å². The summed E-state index contributed by atoms with van der Waals surface area (Å²) in [6.07, 6.45) is 1.48. The van der Waals surface area contributed by atoms with Crippen LogP contribution in [0.3, 0.4) is 0 Å². The van der Waals surface area contributed by atoms with E-state index in [0.717, 1.165) is 12.8 Å². The molecule has 0 radical (unpaired) electrons. The van der Waals surface area contributed by atoms with Crippen molar-refractivity contribution in [2.75, 3.05) is 26.1 Å². The lowest BCUT2D eigenvalue weighted by molar-refractivity contribution is 0.0958. The minimum Gasteiger partial charge on any atom is -0.497 e. The van der Waals surface area contributed by atoms with Gasteiger partial charge in [-0.15, -0.1) is 0 Å². The number of benzene rings is 1. The Morgan fingerprint density at radius 1 is 1.37 bits per heavy atom. The molecule has 5 heteroatoms. The molecule has 1 fully saturated rings. The van der Waals surface area contributed by atoms with Crippen molar-refractivity contribution < 1.29 is 14.3 Å². The molecule has 1 aliphatic heterocycles. The normalized spacial score (nSPS) is 18.5. The molecule has 0 aromatic heterocycles. The van der Waals surface area contributed by atoms with Crippen molar-refractivity contribution in [3.8, 4) is 5.75 Å². The van der Waals surface area contributed by atoms with Gasteiger partial charge in [-0.2, -0.15) is 0 Å². The molecule has 1 spiro atoms.